The molecule has 0 spiro atoms. The molecule has 0 aliphatic carbocycles. The van der Waals surface area contributed by atoms with Crippen LogP contribution in [0.5, 0.6) is 0 Å². The smallest absolute Gasteiger partial charge is 0.220 e. The maximum atomic E-state index is 11.8. The molecule has 5 heteroatoms. The highest BCUT2D eigenvalue weighted by molar-refractivity contribution is 5.77. The number of amides is 1. The quantitative estimate of drug-likeness (QED) is 0.752. The third kappa shape index (κ3) is 3.45. The summed E-state index contributed by atoms with van der Waals surface area (Å²) < 4.78 is 0. The zero-order valence-electron chi connectivity index (χ0n) is 11.5. The van der Waals surface area contributed by atoms with Crippen LogP contribution in [0.2, 0.25) is 0 Å². The summed E-state index contributed by atoms with van der Waals surface area (Å²) in [6, 6.07) is 11.6. The number of fused-ring (bicyclic) bond motifs is 1. The fourth-order valence-corrected chi connectivity index (χ4v) is 2.15. The largest absolute Gasteiger partial charge is 0.352 e. The number of imidazole rings is 1. The summed E-state index contributed by atoms with van der Waals surface area (Å²) >= 11 is 0. The maximum Gasteiger partial charge on any atom is 0.220 e. The molecule has 21 heavy (non-hydrogen) atoms. The van der Waals surface area contributed by atoms with Gasteiger partial charge in [-0.2, -0.15) is 0 Å². The number of rotatable bonds is 5. The normalized spacial score (nSPS) is 10.7. The van der Waals surface area contributed by atoms with E-state index in [-0.39, 0.29) is 5.91 Å². The first-order chi connectivity index (χ1) is 10.3. The molecule has 2 N–H and O–H groups in total. The molecule has 0 saturated carbocycles. The van der Waals surface area contributed by atoms with Crippen molar-refractivity contribution in [3.05, 3.63) is 60.2 Å². The van der Waals surface area contributed by atoms with Gasteiger partial charge >= 0.3 is 0 Å². The van der Waals surface area contributed by atoms with E-state index in [1.807, 2.05) is 36.4 Å². The third-order valence-corrected chi connectivity index (χ3v) is 3.24. The fraction of sp³-hybridized carbons (Fsp3) is 0.188. The summed E-state index contributed by atoms with van der Waals surface area (Å²) in [5.41, 5.74) is 2.93. The van der Waals surface area contributed by atoms with E-state index in [9.17, 15) is 4.79 Å². The van der Waals surface area contributed by atoms with Gasteiger partial charge in [-0.05, 0) is 23.8 Å². The van der Waals surface area contributed by atoms with Crippen LogP contribution in [0.1, 0.15) is 17.8 Å². The number of nitrogens with zero attached hydrogens (tertiary/aromatic N) is 2. The molecule has 0 bridgehead atoms. The minimum absolute atomic E-state index is 0.0132. The summed E-state index contributed by atoms with van der Waals surface area (Å²) in [6.07, 6.45) is 4.49. The molecule has 0 radical (unpaired) electrons. The summed E-state index contributed by atoms with van der Waals surface area (Å²) in [6.45, 7) is 0.507. The molecule has 0 unspecified atom stereocenters. The van der Waals surface area contributed by atoms with Crippen LogP contribution in [0.4, 0.5) is 0 Å². The number of carbonyl (C=O) groups is 1. The Morgan fingerprint density at radius 2 is 2.10 bits per heavy atom. The lowest BCUT2D eigenvalue weighted by molar-refractivity contribution is -0.121. The molecule has 3 aromatic rings. The Morgan fingerprint density at radius 3 is 2.90 bits per heavy atom. The summed E-state index contributed by atoms with van der Waals surface area (Å²) in [5, 5.41) is 2.88. The maximum absolute atomic E-state index is 11.8. The van der Waals surface area contributed by atoms with Crippen molar-refractivity contribution >= 4 is 16.9 Å². The first-order valence-corrected chi connectivity index (χ1v) is 6.90. The second-order valence-electron chi connectivity index (χ2n) is 4.84. The molecule has 0 fully saturated rings. The van der Waals surface area contributed by atoms with Gasteiger partial charge in [-0.25, -0.2) is 4.98 Å². The van der Waals surface area contributed by atoms with Crippen LogP contribution in [0, 0.1) is 0 Å². The Kier molecular flexibility index (Phi) is 3.91. The molecule has 5 nitrogen and oxygen atoms in total. The van der Waals surface area contributed by atoms with Gasteiger partial charge < -0.3 is 10.3 Å². The molecular formula is C16H16N4O. The van der Waals surface area contributed by atoms with E-state index in [2.05, 4.69) is 20.3 Å². The Hall–Kier alpha value is -2.69. The third-order valence-electron chi connectivity index (χ3n) is 3.24. The van der Waals surface area contributed by atoms with Gasteiger partial charge in [0.25, 0.3) is 0 Å². The Morgan fingerprint density at radius 1 is 1.19 bits per heavy atom. The monoisotopic (exact) mass is 280 g/mol. The minimum atomic E-state index is 0.0132. The molecule has 2 aromatic heterocycles. The standard InChI is InChI=1S/C16H16N4O/c21-16(18-11-12-4-3-9-17-10-12)8-7-15-19-13-5-1-2-6-14(13)20-15/h1-6,9-10H,7-8,11H2,(H,18,21)(H,19,20). The van der Waals surface area contributed by atoms with Gasteiger partial charge in [-0.3, -0.25) is 9.78 Å². The SMILES string of the molecule is O=C(CCc1nc2ccccc2[nH]1)NCc1cccnc1. The van der Waals surface area contributed by atoms with Gasteiger partial charge in [0.1, 0.15) is 5.82 Å². The van der Waals surface area contributed by atoms with Crippen molar-refractivity contribution in [2.75, 3.05) is 0 Å². The predicted octanol–water partition coefficient (Wildman–Crippen LogP) is 2.21. The van der Waals surface area contributed by atoms with Crippen molar-refractivity contribution in [1.29, 1.82) is 0 Å². The van der Waals surface area contributed by atoms with Crippen LogP contribution in [-0.4, -0.2) is 20.9 Å². The van der Waals surface area contributed by atoms with Crippen molar-refractivity contribution in [2.45, 2.75) is 19.4 Å². The number of hydrogen-bond donors (Lipinski definition) is 2. The molecule has 2 heterocycles. The minimum Gasteiger partial charge on any atom is -0.352 e. The van der Waals surface area contributed by atoms with E-state index in [1.54, 1.807) is 12.4 Å². The number of carbonyl (C=O) groups excluding carboxylic acids is 1. The number of nitrogens with one attached hydrogen (secondary N) is 2. The average molecular weight is 280 g/mol. The van der Waals surface area contributed by atoms with Gasteiger partial charge in [0, 0.05) is 31.8 Å². The second kappa shape index (κ2) is 6.17. The lowest BCUT2D eigenvalue weighted by Gasteiger charge is -2.03. The van der Waals surface area contributed by atoms with Crippen LogP contribution in [0.15, 0.2) is 48.8 Å². The number of pyridine rings is 1. The van der Waals surface area contributed by atoms with Crippen molar-refractivity contribution in [2.24, 2.45) is 0 Å². The Balaban J connectivity index is 1.51. The molecule has 1 aromatic carbocycles. The number of hydrogen-bond acceptors (Lipinski definition) is 3. The summed E-state index contributed by atoms with van der Waals surface area (Å²) in [5.74, 6) is 0.854. The van der Waals surface area contributed by atoms with Gasteiger partial charge in [-0.1, -0.05) is 18.2 Å². The molecule has 0 atom stereocenters. The van der Waals surface area contributed by atoms with E-state index in [1.165, 1.54) is 0 Å². The number of H-pyrrole nitrogens is 1. The molecule has 0 aliphatic heterocycles. The Bertz CT molecular complexity index is 703. The number of aromatic nitrogens is 3. The van der Waals surface area contributed by atoms with Crippen molar-refractivity contribution < 1.29 is 4.79 Å². The van der Waals surface area contributed by atoms with E-state index in [0.29, 0.717) is 19.4 Å². The van der Waals surface area contributed by atoms with Crippen LogP contribution < -0.4 is 5.32 Å². The number of benzene rings is 1. The van der Waals surface area contributed by atoms with Gasteiger partial charge in [0.05, 0.1) is 11.0 Å². The zero-order valence-corrected chi connectivity index (χ0v) is 11.5. The van der Waals surface area contributed by atoms with E-state index < -0.39 is 0 Å². The van der Waals surface area contributed by atoms with Crippen LogP contribution in [-0.2, 0) is 17.8 Å². The van der Waals surface area contributed by atoms with E-state index in [0.717, 1.165) is 22.4 Å². The van der Waals surface area contributed by atoms with Crippen LogP contribution >= 0.6 is 0 Å². The highest BCUT2D eigenvalue weighted by atomic mass is 16.1. The molecular weight excluding hydrogens is 264 g/mol. The van der Waals surface area contributed by atoms with Gasteiger partial charge in [0.15, 0.2) is 0 Å². The van der Waals surface area contributed by atoms with E-state index >= 15 is 0 Å². The highest BCUT2D eigenvalue weighted by Gasteiger charge is 2.06. The molecule has 106 valence electrons. The second-order valence-corrected chi connectivity index (χ2v) is 4.84. The van der Waals surface area contributed by atoms with Crippen molar-refractivity contribution in [3.8, 4) is 0 Å². The lowest BCUT2D eigenvalue weighted by atomic mass is 10.2. The topological polar surface area (TPSA) is 70.7 Å². The molecule has 0 saturated heterocycles. The van der Waals surface area contributed by atoms with Crippen LogP contribution in [0.3, 0.4) is 0 Å². The zero-order chi connectivity index (χ0) is 14.5. The van der Waals surface area contributed by atoms with E-state index in [4.69, 9.17) is 0 Å². The number of aromatic amines is 1. The fourth-order valence-electron chi connectivity index (χ4n) is 2.15. The first kappa shape index (κ1) is 13.3. The van der Waals surface area contributed by atoms with Gasteiger partial charge in [-0.15, -0.1) is 0 Å². The van der Waals surface area contributed by atoms with Crippen LogP contribution in [0.25, 0.3) is 11.0 Å². The first-order valence-electron chi connectivity index (χ1n) is 6.90. The number of aryl methyl sites for hydroxylation is 1. The highest BCUT2D eigenvalue weighted by Crippen LogP contribution is 2.11. The van der Waals surface area contributed by atoms with Crippen molar-refractivity contribution in [1.82, 2.24) is 20.3 Å². The molecule has 3 rings (SSSR count). The van der Waals surface area contributed by atoms with Gasteiger partial charge in [0.2, 0.25) is 5.91 Å². The summed E-state index contributed by atoms with van der Waals surface area (Å²) in [4.78, 5) is 23.5. The predicted molar refractivity (Wildman–Crippen MR) is 80.5 cm³/mol. The average Bonchev–Trinajstić information content (AvgIpc) is 2.95. The van der Waals surface area contributed by atoms with Crippen molar-refractivity contribution in [3.63, 3.8) is 0 Å². The number of para-hydroxylation sites is 2. The lowest BCUT2D eigenvalue weighted by Crippen LogP contribution is -2.23. The summed E-state index contributed by atoms with van der Waals surface area (Å²) in [7, 11) is 0. The molecule has 0 aliphatic rings. The molecule has 1 amide bonds. The Labute approximate surface area is 122 Å².